The van der Waals surface area contributed by atoms with E-state index in [-0.39, 0.29) is 0 Å². The molecule has 0 aliphatic carbocycles. The second kappa shape index (κ2) is 4.85. The Morgan fingerprint density at radius 1 is 1.42 bits per heavy atom. The van der Waals surface area contributed by atoms with Gasteiger partial charge in [-0.1, -0.05) is 0 Å². The molecule has 0 aromatic carbocycles. The number of methoxy groups -OCH3 is 1. The largest absolute Gasteiger partial charge is 0.494 e. The van der Waals surface area contributed by atoms with E-state index in [1.807, 2.05) is 18.3 Å². The van der Waals surface area contributed by atoms with E-state index >= 15 is 0 Å². The van der Waals surface area contributed by atoms with Crippen LogP contribution in [0.25, 0.3) is 5.52 Å². The monoisotopic (exact) mass is 259 g/mol. The molecule has 1 fully saturated rings. The number of likely N-dealkylation sites (tertiary alicyclic amines) is 1. The van der Waals surface area contributed by atoms with Gasteiger partial charge in [0.05, 0.1) is 13.3 Å². The van der Waals surface area contributed by atoms with Crippen LogP contribution in [0.5, 0.6) is 5.75 Å². The van der Waals surface area contributed by atoms with Crippen molar-refractivity contribution in [2.24, 2.45) is 0 Å². The topological polar surface area (TPSA) is 29.8 Å². The average molecular weight is 259 g/mol. The van der Waals surface area contributed by atoms with Gasteiger partial charge < -0.3 is 14.0 Å². The molecule has 1 atom stereocenters. The van der Waals surface area contributed by atoms with Gasteiger partial charge >= 0.3 is 0 Å². The van der Waals surface area contributed by atoms with Gasteiger partial charge in [-0.05, 0) is 38.9 Å². The van der Waals surface area contributed by atoms with Crippen LogP contribution in [0.3, 0.4) is 0 Å². The van der Waals surface area contributed by atoms with Crippen LogP contribution in [0.4, 0.5) is 0 Å². The van der Waals surface area contributed by atoms with Crippen molar-refractivity contribution in [3.63, 3.8) is 0 Å². The molecule has 1 saturated heterocycles. The maximum Gasteiger partial charge on any atom is 0.144 e. The molecule has 1 unspecified atom stereocenters. The van der Waals surface area contributed by atoms with Crippen LogP contribution in [0.1, 0.15) is 32.0 Å². The summed E-state index contributed by atoms with van der Waals surface area (Å²) in [5.41, 5.74) is 1.06. The third kappa shape index (κ3) is 2.10. The number of imidazole rings is 1. The van der Waals surface area contributed by atoms with Gasteiger partial charge in [-0.3, -0.25) is 0 Å². The zero-order chi connectivity index (χ0) is 13.4. The summed E-state index contributed by atoms with van der Waals surface area (Å²) in [7, 11) is 1.71. The lowest BCUT2D eigenvalue weighted by Crippen LogP contribution is -2.28. The van der Waals surface area contributed by atoms with E-state index in [9.17, 15) is 0 Å². The van der Waals surface area contributed by atoms with Gasteiger partial charge in [0.15, 0.2) is 0 Å². The number of ether oxygens (including phenoxy) is 1. The molecule has 1 aliphatic heterocycles. The Kier molecular flexibility index (Phi) is 3.19. The van der Waals surface area contributed by atoms with Gasteiger partial charge in [0.1, 0.15) is 17.1 Å². The number of pyridine rings is 1. The van der Waals surface area contributed by atoms with Crippen LogP contribution in [-0.4, -0.2) is 40.5 Å². The highest BCUT2D eigenvalue weighted by Gasteiger charge is 2.28. The predicted octanol–water partition coefficient (Wildman–Crippen LogP) is 2.54. The summed E-state index contributed by atoms with van der Waals surface area (Å²) in [6, 6.07) is 4.62. The zero-order valence-corrected chi connectivity index (χ0v) is 11.8. The van der Waals surface area contributed by atoms with Gasteiger partial charge in [0, 0.05) is 24.7 Å². The first-order valence-electron chi connectivity index (χ1n) is 6.94. The van der Waals surface area contributed by atoms with E-state index in [0.717, 1.165) is 23.6 Å². The van der Waals surface area contributed by atoms with E-state index in [2.05, 4.69) is 34.3 Å². The van der Waals surface area contributed by atoms with Crippen molar-refractivity contribution in [1.82, 2.24) is 14.3 Å². The maximum absolute atomic E-state index is 5.39. The Balaban J connectivity index is 1.94. The van der Waals surface area contributed by atoms with Gasteiger partial charge in [-0.25, -0.2) is 4.98 Å². The summed E-state index contributed by atoms with van der Waals surface area (Å²) in [4.78, 5) is 7.16. The van der Waals surface area contributed by atoms with Crippen LogP contribution in [0, 0.1) is 0 Å². The number of hydrogen-bond donors (Lipinski definition) is 0. The molecular weight excluding hydrogens is 238 g/mol. The molecule has 3 rings (SSSR count). The molecule has 19 heavy (non-hydrogen) atoms. The number of hydrogen-bond acceptors (Lipinski definition) is 3. The Bertz CT molecular complexity index is 576. The van der Waals surface area contributed by atoms with Crippen molar-refractivity contribution in [3.8, 4) is 5.75 Å². The first-order chi connectivity index (χ1) is 9.20. The SMILES string of the molecule is COc1cccn2c(C3CCN(C(C)C)C3)ncc12. The Morgan fingerprint density at radius 2 is 2.26 bits per heavy atom. The van der Waals surface area contributed by atoms with E-state index in [4.69, 9.17) is 4.74 Å². The van der Waals surface area contributed by atoms with Crippen LogP contribution in [0.2, 0.25) is 0 Å². The lowest BCUT2D eigenvalue weighted by atomic mass is 10.1. The fourth-order valence-corrected chi connectivity index (χ4v) is 2.96. The second-order valence-corrected chi connectivity index (χ2v) is 5.52. The standard InChI is InChI=1S/C15H21N3O/c1-11(2)17-8-6-12(10-17)15-16-9-13-14(19-3)5-4-7-18(13)15/h4-5,7,9,11-12H,6,8,10H2,1-3H3. The number of rotatable bonds is 3. The van der Waals surface area contributed by atoms with Crippen LogP contribution in [0.15, 0.2) is 24.5 Å². The molecule has 2 aromatic rings. The average Bonchev–Trinajstić information content (AvgIpc) is 3.04. The molecule has 0 spiro atoms. The van der Waals surface area contributed by atoms with Crippen LogP contribution < -0.4 is 4.74 Å². The highest BCUT2D eigenvalue weighted by Crippen LogP contribution is 2.30. The maximum atomic E-state index is 5.39. The summed E-state index contributed by atoms with van der Waals surface area (Å²) in [6.07, 6.45) is 5.19. The smallest absolute Gasteiger partial charge is 0.144 e. The molecule has 0 saturated carbocycles. The first kappa shape index (κ1) is 12.5. The van der Waals surface area contributed by atoms with Gasteiger partial charge in [0.2, 0.25) is 0 Å². The van der Waals surface area contributed by atoms with Gasteiger partial charge in [-0.15, -0.1) is 0 Å². The minimum atomic E-state index is 0.525. The molecule has 102 valence electrons. The van der Waals surface area contributed by atoms with E-state index in [0.29, 0.717) is 12.0 Å². The molecule has 0 N–H and O–H groups in total. The molecule has 0 radical (unpaired) electrons. The van der Waals surface area contributed by atoms with Gasteiger partial charge in [-0.2, -0.15) is 0 Å². The third-order valence-corrected chi connectivity index (χ3v) is 4.10. The fourth-order valence-electron chi connectivity index (χ4n) is 2.96. The van der Waals surface area contributed by atoms with Crippen molar-refractivity contribution in [1.29, 1.82) is 0 Å². The normalized spacial score (nSPS) is 20.5. The number of aromatic nitrogens is 2. The number of fused-ring (bicyclic) bond motifs is 1. The summed E-state index contributed by atoms with van der Waals surface area (Å²) in [5.74, 6) is 2.58. The predicted molar refractivity (Wildman–Crippen MR) is 75.8 cm³/mol. The minimum absolute atomic E-state index is 0.525. The molecule has 4 nitrogen and oxygen atoms in total. The van der Waals surface area contributed by atoms with Crippen molar-refractivity contribution in [2.75, 3.05) is 20.2 Å². The lowest BCUT2D eigenvalue weighted by Gasteiger charge is -2.19. The molecule has 0 bridgehead atoms. The van der Waals surface area contributed by atoms with Crippen LogP contribution in [-0.2, 0) is 0 Å². The Labute approximate surface area is 114 Å². The molecule has 0 amide bonds. The fraction of sp³-hybridized carbons (Fsp3) is 0.533. The minimum Gasteiger partial charge on any atom is -0.494 e. The molecule has 2 aromatic heterocycles. The highest BCUT2D eigenvalue weighted by molar-refractivity contribution is 5.59. The lowest BCUT2D eigenvalue weighted by molar-refractivity contribution is 0.272. The summed E-state index contributed by atoms with van der Waals surface area (Å²) in [6.45, 7) is 6.79. The summed E-state index contributed by atoms with van der Waals surface area (Å²) >= 11 is 0. The Morgan fingerprint density at radius 3 is 2.95 bits per heavy atom. The second-order valence-electron chi connectivity index (χ2n) is 5.52. The molecule has 4 heteroatoms. The van der Waals surface area contributed by atoms with Crippen molar-refractivity contribution >= 4 is 5.52 Å². The highest BCUT2D eigenvalue weighted by atomic mass is 16.5. The molecule has 3 heterocycles. The molecule has 1 aliphatic rings. The van der Waals surface area contributed by atoms with E-state index in [1.165, 1.54) is 13.0 Å². The number of nitrogens with zero attached hydrogens (tertiary/aromatic N) is 3. The van der Waals surface area contributed by atoms with Gasteiger partial charge in [0.25, 0.3) is 0 Å². The zero-order valence-electron chi connectivity index (χ0n) is 11.8. The van der Waals surface area contributed by atoms with Crippen molar-refractivity contribution in [2.45, 2.75) is 32.2 Å². The van der Waals surface area contributed by atoms with Crippen LogP contribution >= 0.6 is 0 Å². The Hall–Kier alpha value is -1.55. The van der Waals surface area contributed by atoms with E-state index in [1.54, 1.807) is 7.11 Å². The van der Waals surface area contributed by atoms with Crippen molar-refractivity contribution < 1.29 is 4.74 Å². The van der Waals surface area contributed by atoms with Crippen molar-refractivity contribution in [3.05, 3.63) is 30.4 Å². The summed E-state index contributed by atoms with van der Waals surface area (Å²) in [5, 5.41) is 0. The first-order valence-corrected chi connectivity index (χ1v) is 6.94. The van der Waals surface area contributed by atoms with E-state index < -0.39 is 0 Å². The summed E-state index contributed by atoms with van der Waals surface area (Å²) < 4.78 is 7.57. The third-order valence-electron chi connectivity index (χ3n) is 4.10. The quantitative estimate of drug-likeness (QED) is 0.848. The molecular formula is C15H21N3O.